The monoisotopic (exact) mass is 404 g/mol. The van der Waals surface area contributed by atoms with E-state index in [-0.39, 0.29) is 11.9 Å². The van der Waals surface area contributed by atoms with Gasteiger partial charge in [-0.2, -0.15) is 0 Å². The Kier molecular flexibility index (Phi) is 5.21. The van der Waals surface area contributed by atoms with Gasteiger partial charge in [0, 0.05) is 42.3 Å². The number of pyridine rings is 1. The Morgan fingerprint density at radius 1 is 1.10 bits per heavy atom. The van der Waals surface area contributed by atoms with E-state index in [9.17, 15) is 4.79 Å². The SMILES string of the molecule is Cc1c(C(=O)N2CCCC2CN2CCCCC2)nnn1-c1cccc2cnccc12. The van der Waals surface area contributed by atoms with Crippen molar-refractivity contribution in [1.29, 1.82) is 0 Å². The highest BCUT2D eigenvalue weighted by molar-refractivity contribution is 5.94. The molecular formula is C23H28N6O. The Morgan fingerprint density at radius 3 is 2.83 bits per heavy atom. The van der Waals surface area contributed by atoms with Gasteiger partial charge in [-0.05, 0) is 57.8 Å². The smallest absolute Gasteiger partial charge is 0.276 e. The van der Waals surface area contributed by atoms with Crippen LogP contribution in [0.1, 0.15) is 48.3 Å². The Balaban J connectivity index is 1.41. The van der Waals surface area contributed by atoms with Gasteiger partial charge in [-0.1, -0.05) is 23.8 Å². The van der Waals surface area contributed by atoms with E-state index in [2.05, 4.69) is 20.2 Å². The van der Waals surface area contributed by atoms with Gasteiger partial charge in [0.25, 0.3) is 5.91 Å². The van der Waals surface area contributed by atoms with Crippen molar-refractivity contribution in [3.05, 3.63) is 48.0 Å². The molecule has 0 radical (unpaired) electrons. The molecule has 2 saturated heterocycles. The van der Waals surface area contributed by atoms with Gasteiger partial charge >= 0.3 is 0 Å². The minimum atomic E-state index is 0.0140. The molecule has 7 nitrogen and oxygen atoms in total. The molecule has 2 aliphatic rings. The average Bonchev–Trinajstić information content (AvgIpc) is 3.40. The number of aromatic nitrogens is 4. The average molecular weight is 405 g/mol. The summed E-state index contributed by atoms with van der Waals surface area (Å²) in [4.78, 5) is 22.2. The van der Waals surface area contributed by atoms with Crippen LogP contribution in [0.25, 0.3) is 16.5 Å². The molecule has 3 aromatic rings. The van der Waals surface area contributed by atoms with Crippen LogP contribution in [-0.4, -0.2) is 67.9 Å². The lowest BCUT2D eigenvalue weighted by Crippen LogP contribution is -2.45. The minimum Gasteiger partial charge on any atom is -0.333 e. The van der Waals surface area contributed by atoms with Gasteiger partial charge < -0.3 is 9.80 Å². The standard InChI is InChI=1S/C23H28N6O/c1-17-22(23(30)28-14-6-8-19(28)16-27-12-3-2-4-13-27)25-26-29(17)21-9-5-7-18-15-24-11-10-20(18)21/h5,7,9-11,15,19H,2-4,6,8,12-14,16H2,1H3. The summed E-state index contributed by atoms with van der Waals surface area (Å²) in [5.41, 5.74) is 2.17. The van der Waals surface area contributed by atoms with Crippen LogP contribution in [0, 0.1) is 6.92 Å². The summed E-state index contributed by atoms with van der Waals surface area (Å²) in [5, 5.41) is 10.8. The maximum absolute atomic E-state index is 13.4. The van der Waals surface area contributed by atoms with Crippen LogP contribution < -0.4 is 0 Å². The molecule has 5 rings (SSSR count). The number of piperidine rings is 1. The van der Waals surface area contributed by atoms with Gasteiger partial charge in [-0.3, -0.25) is 9.78 Å². The Hall–Kier alpha value is -2.80. The molecule has 0 spiro atoms. The second kappa shape index (κ2) is 8.14. The quantitative estimate of drug-likeness (QED) is 0.668. The second-order valence-corrected chi connectivity index (χ2v) is 8.47. The number of rotatable bonds is 4. The van der Waals surface area contributed by atoms with Gasteiger partial charge in [0.2, 0.25) is 0 Å². The van der Waals surface area contributed by atoms with Crippen LogP contribution in [0.3, 0.4) is 0 Å². The fourth-order valence-electron chi connectivity index (χ4n) is 4.91. The molecular weight excluding hydrogens is 376 g/mol. The minimum absolute atomic E-state index is 0.0140. The van der Waals surface area contributed by atoms with Crippen molar-refractivity contribution < 1.29 is 4.79 Å². The van der Waals surface area contributed by atoms with Gasteiger partial charge in [-0.25, -0.2) is 4.68 Å². The van der Waals surface area contributed by atoms with E-state index in [0.717, 1.165) is 61.2 Å². The lowest BCUT2D eigenvalue weighted by molar-refractivity contribution is 0.0683. The van der Waals surface area contributed by atoms with Crippen molar-refractivity contribution in [3.8, 4) is 5.69 Å². The molecule has 7 heteroatoms. The third-order valence-corrected chi connectivity index (χ3v) is 6.54. The zero-order chi connectivity index (χ0) is 20.5. The number of likely N-dealkylation sites (tertiary alicyclic amines) is 2. The number of hydrogen-bond acceptors (Lipinski definition) is 5. The molecule has 2 fully saturated rings. The molecule has 4 heterocycles. The van der Waals surface area contributed by atoms with Crippen LogP contribution in [0.2, 0.25) is 0 Å². The number of carbonyl (C=O) groups is 1. The van der Waals surface area contributed by atoms with Crippen molar-refractivity contribution in [2.24, 2.45) is 0 Å². The predicted molar refractivity (Wildman–Crippen MR) is 116 cm³/mol. The van der Waals surface area contributed by atoms with E-state index < -0.39 is 0 Å². The van der Waals surface area contributed by atoms with E-state index in [4.69, 9.17) is 0 Å². The normalized spacial score (nSPS) is 20.2. The van der Waals surface area contributed by atoms with Crippen molar-refractivity contribution >= 4 is 16.7 Å². The highest BCUT2D eigenvalue weighted by atomic mass is 16.2. The number of nitrogens with zero attached hydrogens (tertiary/aromatic N) is 6. The van der Waals surface area contributed by atoms with Crippen LogP contribution in [0.4, 0.5) is 0 Å². The van der Waals surface area contributed by atoms with Crippen molar-refractivity contribution in [3.63, 3.8) is 0 Å². The first-order chi connectivity index (χ1) is 14.7. The molecule has 1 amide bonds. The summed E-state index contributed by atoms with van der Waals surface area (Å²) in [7, 11) is 0. The Morgan fingerprint density at radius 2 is 1.97 bits per heavy atom. The second-order valence-electron chi connectivity index (χ2n) is 8.47. The van der Waals surface area contributed by atoms with Gasteiger partial charge in [-0.15, -0.1) is 5.10 Å². The molecule has 30 heavy (non-hydrogen) atoms. The summed E-state index contributed by atoms with van der Waals surface area (Å²) in [6.07, 6.45) is 9.63. The topological polar surface area (TPSA) is 67.2 Å². The maximum Gasteiger partial charge on any atom is 0.276 e. The first-order valence-electron chi connectivity index (χ1n) is 11.0. The molecule has 1 aromatic carbocycles. The molecule has 0 bridgehead atoms. The van der Waals surface area contributed by atoms with Crippen molar-refractivity contribution in [2.45, 2.75) is 45.1 Å². The first-order valence-corrected chi connectivity index (χ1v) is 11.0. The fourth-order valence-corrected chi connectivity index (χ4v) is 4.91. The van der Waals surface area contributed by atoms with Crippen LogP contribution in [0.15, 0.2) is 36.7 Å². The largest absolute Gasteiger partial charge is 0.333 e. The van der Waals surface area contributed by atoms with Crippen LogP contribution >= 0.6 is 0 Å². The van der Waals surface area contributed by atoms with Crippen LogP contribution in [0.5, 0.6) is 0 Å². The fraction of sp³-hybridized carbons (Fsp3) is 0.478. The summed E-state index contributed by atoms with van der Waals surface area (Å²) in [5.74, 6) is 0.0140. The van der Waals surface area contributed by atoms with Gasteiger partial charge in [0.15, 0.2) is 5.69 Å². The number of hydrogen-bond donors (Lipinski definition) is 0. The molecule has 2 aromatic heterocycles. The number of fused-ring (bicyclic) bond motifs is 1. The van der Waals surface area contributed by atoms with E-state index in [1.807, 2.05) is 42.3 Å². The Labute approximate surface area is 176 Å². The molecule has 0 saturated carbocycles. The summed E-state index contributed by atoms with van der Waals surface area (Å²) < 4.78 is 1.78. The summed E-state index contributed by atoms with van der Waals surface area (Å²) >= 11 is 0. The van der Waals surface area contributed by atoms with Crippen molar-refractivity contribution in [1.82, 2.24) is 29.8 Å². The summed E-state index contributed by atoms with van der Waals surface area (Å²) in [6, 6.07) is 8.27. The number of benzene rings is 1. The molecule has 1 atom stereocenters. The van der Waals surface area contributed by atoms with E-state index in [1.165, 1.54) is 19.3 Å². The maximum atomic E-state index is 13.4. The van der Waals surface area contributed by atoms with E-state index in [0.29, 0.717) is 5.69 Å². The number of carbonyl (C=O) groups excluding carboxylic acids is 1. The molecule has 0 N–H and O–H groups in total. The van der Waals surface area contributed by atoms with Crippen molar-refractivity contribution in [2.75, 3.05) is 26.2 Å². The van der Waals surface area contributed by atoms with E-state index in [1.54, 1.807) is 10.9 Å². The lowest BCUT2D eigenvalue weighted by Gasteiger charge is -2.32. The van der Waals surface area contributed by atoms with Crippen LogP contribution in [-0.2, 0) is 0 Å². The highest BCUT2D eigenvalue weighted by Crippen LogP contribution is 2.25. The molecule has 2 aliphatic heterocycles. The third-order valence-electron chi connectivity index (χ3n) is 6.54. The first kappa shape index (κ1) is 19.2. The number of amides is 1. The van der Waals surface area contributed by atoms with Gasteiger partial charge in [0.05, 0.1) is 11.4 Å². The highest BCUT2D eigenvalue weighted by Gasteiger charge is 2.33. The zero-order valence-electron chi connectivity index (χ0n) is 17.5. The Bertz CT molecular complexity index is 1050. The lowest BCUT2D eigenvalue weighted by atomic mass is 10.1. The summed E-state index contributed by atoms with van der Waals surface area (Å²) in [6.45, 7) is 6.04. The van der Waals surface area contributed by atoms with E-state index >= 15 is 0 Å². The molecule has 156 valence electrons. The van der Waals surface area contributed by atoms with Gasteiger partial charge in [0.1, 0.15) is 0 Å². The molecule has 0 aliphatic carbocycles. The molecule has 1 unspecified atom stereocenters. The zero-order valence-corrected chi connectivity index (χ0v) is 17.5. The predicted octanol–water partition coefficient (Wildman–Crippen LogP) is 3.21. The third kappa shape index (κ3) is 3.47.